The van der Waals surface area contributed by atoms with Gasteiger partial charge in [0.2, 0.25) is 5.95 Å². The van der Waals surface area contributed by atoms with Gasteiger partial charge in [0.15, 0.2) is 5.13 Å². The van der Waals surface area contributed by atoms with Crippen LogP contribution in [-0.4, -0.2) is 63.9 Å². The minimum atomic E-state index is 0.0873. The Bertz CT molecular complexity index is 889. The van der Waals surface area contributed by atoms with Crippen LogP contribution >= 0.6 is 11.3 Å². The van der Waals surface area contributed by atoms with Gasteiger partial charge >= 0.3 is 0 Å². The number of hydrogen-bond acceptors (Lipinski definition) is 7. The number of thiazole rings is 1. The Labute approximate surface area is 149 Å². The number of carbonyl (C=O) groups is 1. The summed E-state index contributed by atoms with van der Waals surface area (Å²) < 4.78 is 0.971. The van der Waals surface area contributed by atoms with Gasteiger partial charge in [-0.25, -0.2) is 15.0 Å². The molecule has 4 rings (SSSR count). The third-order valence-electron chi connectivity index (χ3n) is 4.21. The number of hydrogen-bond donors (Lipinski definition) is 1. The van der Waals surface area contributed by atoms with Crippen LogP contribution in [0.2, 0.25) is 0 Å². The molecule has 1 aliphatic heterocycles. The quantitative estimate of drug-likeness (QED) is 0.777. The maximum Gasteiger partial charge on any atom is 0.253 e. The van der Waals surface area contributed by atoms with E-state index in [-0.39, 0.29) is 5.91 Å². The van der Waals surface area contributed by atoms with Gasteiger partial charge in [-0.15, -0.1) is 0 Å². The van der Waals surface area contributed by atoms with Crippen LogP contribution in [0.25, 0.3) is 10.2 Å². The number of benzene rings is 1. The molecule has 3 heterocycles. The van der Waals surface area contributed by atoms with E-state index in [1.54, 1.807) is 18.5 Å². The highest BCUT2D eigenvalue weighted by Gasteiger charge is 2.20. The molecule has 8 heteroatoms. The number of amides is 1. The van der Waals surface area contributed by atoms with Crippen LogP contribution in [0.1, 0.15) is 10.4 Å². The normalized spacial score (nSPS) is 15.5. The van der Waals surface area contributed by atoms with Crippen molar-refractivity contribution in [2.24, 2.45) is 0 Å². The Morgan fingerprint density at radius 1 is 1.16 bits per heavy atom. The Hall–Kier alpha value is -2.58. The largest absolute Gasteiger partial charge is 0.336 e. The van der Waals surface area contributed by atoms with Crippen LogP contribution in [0.4, 0.5) is 11.1 Å². The van der Waals surface area contributed by atoms with Crippen LogP contribution in [0.3, 0.4) is 0 Å². The molecule has 2 aromatic heterocycles. The number of nitrogens with zero attached hydrogens (tertiary/aromatic N) is 5. The van der Waals surface area contributed by atoms with Gasteiger partial charge in [-0.2, -0.15) is 0 Å². The number of nitrogens with one attached hydrogen (secondary N) is 1. The van der Waals surface area contributed by atoms with Gasteiger partial charge in [0.1, 0.15) is 0 Å². The van der Waals surface area contributed by atoms with Crippen LogP contribution in [0, 0.1) is 0 Å². The molecule has 1 amide bonds. The van der Waals surface area contributed by atoms with Gasteiger partial charge in [-0.3, -0.25) is 4.79 Å². The first-order valence-corrected chi connectivity index (χ1v) is 8.93. The van der Waals surface area contributed by atoms with E-state index >= 15 is 0 Å². The van der Waals surface area contributed by atoms with Crippen molar-refractivity contribution in [1.29, 1.82) is 0 Å². The second-order valence-corrected chi connectivity index (χ2v) is 7.03. The van der Waals surface area contributed by atoms with E-state index in [2.05, 4.69) is 32.2 Å². The van der Waals surface area contributed by atoms with E-state index in [1.165, 1.54) is 11.3 Å². The van der Waals surface area contributed by atoms with E-state index < -0.39 is 0 Å². The molecule has 0 spiro atoms. The Kier molecular flexibility index (Phi) is 4.29. The molecule has 1 aromatic carbocycles. The summed E-state index contributed by atoms with van der Waals surface area (Å²) in [5.74, 6) is 0.597. The van der Waals surface area contributed by atoms with Gasteiger partial charge in [-0.1, -0.05) is 11.3 Å². The fraction of sp³-hybridized carbons (Fsp3) is 0.294. The summed E-state index contributed by atoms with van der Waals surface area (Å²) >= 11 is 1.49. The molecule has 1 fully saturated rings. The van der Waals surface area contributed by atoms with Crippen molar-refractivity contribution in [3.8, 4) is 0 Å². The molecule has 1 N–H and O–H groups in total. The Morgan fingerprint density at radius 2 is 1.92 bits per heavy atom. The van der Waals surface area contributed by atoms with Crippen molar-refractivity contribution >= 4 is 38.5 Å². The molecule has 0 saturated carbocycles. The van der Waals surface area contributed by atoms with Crippen molar-refractivity contribution in [3.63, 3.8) is 0 Å². The first-order chi connectivity index (χ1) is 12.2. The topological polar surface area (TPSA) is 74.2 Å². The van der Waals surface area contributed by atoms with Gasteiger partial charge in [0, 0.05) is 44.1 Å². The number of anilines is 2. The average molecular weight is 354 g/mol. The molecule has 1 saturated heterocycles. The molecule has 0 unspecified atom stereocenters. The lowest BCUT2D eigenvalue weighted by Gasteiger charge is -2.32. The lowest BCUT2D eigenvalue weighted by Crippen LogP contribution is -2.47. The number of carbonyl (C=O) groups excluding carboxylic acids is 1. The second kappa shape index (κ2) is 6.73. The fourth-order valence-electron chi connectivity index (χ4n) is 2.76. The second-order valence-electron chi connectivity index (χ2n) is 5.99. The molecule has 3 aromatic rings. The predicted octanol–water partition coefficient (Wildman–Crippen LogP) is 2.22. The molecule has 0 aliphatic carbocycles. The molecule has 25 heavy (non-hydrogen) atoms. The Balaban J connectivity index is 1.55. The van der Waals surface area contributed by atoms with Crippen LogP contribution in [0.15, 0.2) is 36.7 Å². The molecule has 7 nitrogen and oxygen atoms in total. The van der Waals surface area contributed by atoms with E-state index in [4.69, 9.17) is 0 Å². The zero-order valence-corrected chi connectivity index (χ0v) is 14.7. The van der Waals surface area contributed by atoms with Crippen molar-refractivity contribution in [2.75, 3.05) is 38.5 Å². The highest BCUT2D eigenvalue weighted by atomic mass is 32.1. The summed E-state index contributed by atoms with van der Waals surface area (Å²) in [6, 6.07) is 7.43. The number of aromatic nitrogens is 3. The van der Waals surface area contributed by atoms with E-state index in [9.17, 15) is 4.79 Å². The van der Waals surface area contributed by atoms with Crippen LogP contribution < -0.4 is 5.32 Å². The number of piperazine rings is 1. The predicted molar refractivity (Wildman–Crippen MR) is 98.3 cm³/mol. The molecular formula is C17H18N6OS. The molecule has 0 bridgehead atoms. The van der Waals surface area contributed by atoms with Crippen molar-refractivity contribution in [2.45, 2.75) is 0 Å². The number of fused-ring (bicyclic) bond motifs is 1. The molecular weight excluding hydrogens is 336 g/mol. The maximum atomic E-state index is 12.7. The molecule has 128 valence electrons. The summed E-state index contributed by atoms with van der Waals surface area (Å²) in [7, 11) is 2.08. The first kappa shape index (κ1) is 15.9. The van der Waals surface area contributed by atoms with Gasteiger partial charge in [-0.05, 0) is 31.3 Å². The zero-order chi connectivity index (χ0) is 17.2. The summed E-state index contributed by atoms with van der Waals surface area (Å²) in [5, 5.41) is 3.81. The minimum absolute atomic E-state index is 0.0873. The Morgan fingerprint density at radius 3 is 2.68 bits per heavy atom. The van der Waals surface area contributed by atoms with Crippen LogP contribution in [-0.2, 0) is 0 Å². The highest BCUT2D eigenvalue weighted by Crippen LogP contribution is 2.28. The standard InChI is InChI=1S/C17H18N6OS/c1-22-7-9-23(10-8-22)15(24)12-3-4-13-14(11-12)25-17(20-13)21-16-18-5-2-6-19-16/h2-6,11H,7-10H2,1H3,(H,18,19,20,21). The van der Waals surface area contributed by atoms with E-state index in [1.807, 2.05) is 23.1 Å². The van der Waals surface area contributed by atoms with Crippen molar-refractivity contribution in [1.82, 2.24) is 24.8 Å². The third kappa shape index (κ3) is 3.45. The average Bonchev–Trinajstić information content (AvgIpc) is 3.04. The van der Waals surface area contributed by atoms with E-state index in [0.29, 0.717) is 16.6 Å². The number of rotatable bonds is 3. The molecule has 0 radical (unpaired) electrons. The van der Waals surface area contributed by atoms with Gasteiger partial charge in [0.25, 0.3) is 5.91 Å². The lowest BCUT2D eigenvalue weighted by atomic mass is 10.1. The van der Waals surface area contributed by atoms with Crippen LogP contribution in [0.5, 0.6) is 0 Å². The first-order valence-electron chi connectivity index (χ1n) is 8.11. The molecule has 1 aliphatic rings. The zero-order valence-electron chi connectivity index (χ0n) is 13.8. The minimum Gasteiger partial charge on any atom is -0.336 e. The third-order valence-corrected chi connectivity index (χ3v) is 5.14. The smallest absolute Gasteiger partial charge is 0.253 e. The fourth-order valence-corrected chi connectivity index (χ4v) is 3.66. The monoisotopic (exact) mass is 354 g/mol. The van der Waals surface area contributed by atoms with Gasteiger partial charge < -0.3 is 15.1 Å². The van der Waals surface area contributed by atoms with Crippen molar-refractivity contribution in [3.05, 3.63) is 42.2 Å². The summed E-state index contributed by atoms with van der Waals surface area (Å²) in [5.41, 5.74) is 1.57. The summed E-state index contributed by atoms with van der Waals surface area (Å²) in [6.07, 6.45) is 3.35. The van der Waals surface area contributed by atoms with Gasteiger partial charge in [0.05, 0.1) is 10.2 Å². The molecule has 0 atom stereocenters. The van der Waals surface area contributed by atoms with E-state index in [0.717, 1.165) is 36.4 Å². The summed E-state index contributed by atoms with van der Waals surface area (Å²) in [4.78, 5) is 29.7. The van der Waals surface area contributed by atoms with Crippen molar-refractivity contribution < 1.29 is 4.79 Å². The highest BCUT2D eigenvalue weighted by molar-refractivity contribution is 7.22. The number of likely N-dealkylation sites (N-methyl/N-ethyl adjacent to an activating group) is 1. The SMILES string of the molecule is CN1CCN(C(=O)c2ccc3nc(Nc4ncccn4)sc3c2)CC1. The lowest BCUT2D eigenvalue weighted by molar-refractivity contribution is 0.0664. The summed E-state index contributed by atoms with van der Waals surface area (Å²) in [6.45, 7) is 3.38. The maximum absolute atomic E-state index is 12.7.